The fraction of sp³-hybridized carbons (Fsp3) is 0.600. The van der Waals surface area contributed by atoms with Crippen LogP contribution in [0.25, 0.3) is 0 Å². The Balaban J connectivity index is 2.21. The normalized spacial score (nSPS) is 16.8. The van der Waals surface area contributed by atoms with Crippen LogP contribution in [0.5, 0.6) is 0 Å². The van der Waals surface area contributed by atoms with Gasteiger partial charge in [-0.15, -0.1) is 0 Å². The Hall–Kier alpha value is -1.12. The van der Waals surface area contributed by atoms with Gasteiger partial charge < -0.3 is 4.90 Å². The zero-order valence-corrected chi connectivity index (χ0v) is 8.20. The molecule has 3 nitrogen and oxygen atoms in total. The first-order valence-electron chi connectivity index (χ1n) is 4.76. The van der Waals surface area contributed by atoms with Crippen LogP contribution in [0.2, 0.25) is 0 Å². The Bertz CT molecular complexity index is 292. The maximum Gasteiger partial charge on any atom is 0.131 e. The highest BCUT2D eigenvalue weighted by atomic mass is 15.1. The third-order valence-corrected chi connectivity index (χ3v) is 2.66. The lowest BCUT2D eigenvalue weighted by molar-refractivity contribution is 0.410. The van der Waals surface area contributed by atoms with Gasteiger partial charge in [0.15, 0.2) is 0 Å². The molecule has 0 atom stereocenters. The first-order chi connectivity index (χ1) is 6.27. The summed E-state index contributed by atoms with van der Waals surface area (Å²) < 4.78 is 0. The molecule has 3 heteroatoms. The maximum atomic E-state index is 4.31. The van der Waals surface area contributed by atoms with Crippen molar-refractivity contribution in [1.82, 2.24) is 9.97 Å². The van der Waals surface area contributed by atoms with E-state index in [1.165, 1.54) is 25.0 Å². The van der Waals surface area contributed by atoms with Crippen LogP contribution in [0.15, 0.2) is 12.4 Å². The minimum Gasteiger partial charge on any atom is -0.363 e. The van der Waals surface area contributed by atoms with Crippen molar-refractivity contribution < 1.29 is 0 Å². The summed E-state index contributed by atoms with van der Waals surface area (Å²) in [5, 5.41) is 0. The summed E-state index contributed by atoms with van der Waals surface area (Å²) >= 11 is 0. The summed E-state index contributed by atoms with van der Waals surface area (Å²) in [6.45, 7) is 0. The summed E-state index contributed by atoms with van der Waals surface area (Å²) in [7, 11) is 4.01. The SMILES string of the molecule is CN(C)c1cc(C2CCC2)ncn1. The Labute approximate surface area is 78.8 Å². The molecule has 0 spiro atoms. The van der Waals surface area contributed by atoms with E-state index in [4.69, 9.17) is 0 Å². The van der Waals surface area contributed by atoms with E-state index in [0.29, 0.717) is 5.92 Å². The van der Waals surface area contributed by atoms with Crippen LogP contribution in [0, 0.1) is 0 Å². The number of hydrogen-bond acceptors (Lipinski definition) is 3. The van der Waals surface area contributed by atoms with Crippen LogP contribution in [-0.2, 0) is 0 Å². The second kappa shape index (κ2) is 3.32. The van der Waals surface area contributed by atoms with Crippen LogP contribution in [0.3, 0.4) is 0 Å². The number of aromatic nitrogens is 2. The average Bonchev–Trinajstić information content (AvgIpc) is 2.01. The third-order valence-electron chi connectivity index (χ3n) is 2.66. The minimum absolute atomic E-state index is 0.696. The zero-order chi connectivity index (χ0) is 9.26. The fourth-order valence-corrected chi connectivity index (χ4v) is 1.53. The average molecular weight is 177 g/mol. The molecule has 1 fully saturated rings. The first kappa shape index (κ1) is 8.48. The Morgan fingerprint density at radius 2 is 2.08 bits per heavy atom. The van der Waals surface area contributed by atoms with Crippen LogP contribution in [0.4, 0.5) is 5.82 Å². The smallest absolute Gasteiger partial charge is 0.131 e. The highest BCUT2D eigenvalue weighted by Gasteiger charge is 2.21. The Kier molecular flexibility index (Phi) is 2.17. The maximum absolute atomic E-state index is 4.31. The number of hydrogen-bond donors (Lipinski definition) is 0. The van der Waals surface area contributed by atoms with Crippen LogP contribution in [-0.4, -0.2) is 24.1 Å². The van der Waals surface area contributed by atoms with E-state index in [0.717, 1.165) is 5.82 Å². The predicted octanol–water partition coefficient (Wildman–Crippen LogP) is 1.81. The van der Waals surface area contributed by atoms with Gasteiger partial charge in [-0.3, -0.25) is 0 Å². The predicted molar refractivity (Wildman–Crippen MR) is 53.0 cm³/mol. The molecule has 0 radical (unpaired) electrons. The van der Waals surface area contributed by atoms with Crippen LogP contribution in [0.1, 0.15) is 30.9 Å². The van der Waals surface area contributed by atoms with E-state index in [1.54, 1.807) is 6.33 Å². The van der Waals surface area contributed by atoms with E-state index >= 15 is 0 Å². The lowest BCUT2D eigenvalue weighted by Gasteiger charge is -2.25. The summed E-state index contributed by atoms with van der Waals surface area (Å²) in [6.07, 6.45) is 5.61. The van der Waals surface area contributed by atoms with Gasteiger partial charge in [0.05, 0.1) is 0 Å². The standard InChI is InChI=1S/C10H15N3/c1-13(2)10-6-9(11-7-12-10)8-4-3-5-8/h6-8H,3-5H2,1-2H3. The largest absolute Gasteiger partial charge is 0.363 e. The van der Waals surface area contributed by atoms with E-state index in [-0.39, 0.29) is 0 Å². The van der Waals surface area contributed by atoms with Crippen molar-refractivity contribution in [3.05, 3.63) is 18.1 Å². The highest BCUT2D eigenvalue weighted by Crippen LogP contribution is 2.35. The molecular weight excluding hydrogens is 162 g/mol. The molecule has 1 aromatic heterocycles. The number of anilines is 1. The topological polar surface area (TPSA) is 29.0 Å². The van der Waals surface area contributed by atoms with Gasteiger partial charge in [0.1, 0.15) is 12.1 Å². The second-order valence-corrected chi connectivity index (χ2v) is 3.82. The molecule has 0 amide bonds. The summed E-state index contributed by atoms with van der Waals surface area (Å²) in [4.78, 5) is 10.5. The lowest BCUT2D eigenvalue weighted by Crippen LogP contribution is -2.15. The molecule has 0 aromatic carbocycles. The summed E-state index contributed by atoms with van der Waals surface area (Å²) in [6, 6.07) is 2.10. The molecular formula is C10H15N3. The summed E-state index contributed by atoms with van der Waals surface area (Å²) in [5.41, 5.74) is 1.21. The van der Waals surface area contributed by atoms with E-state index in [9.17, 15) is 0 Å². The van der Waals surface area contributed by atoms with Gasteiger partial charge in [0.25, 0.3) is 0 Å². The van der Waals surface area contributed by atoms with Crippen LogP contribution >= 0.6 is 0 Å². The van der Waals surface area contributed by atoms with Crippen LogP contribution < -0.4 is 4.90 Å². The van der Waals surface area contributed by atoms with Gasteiger partial charge in [-0.25, -0.2) is 9.97 Å². The molecule has 1 saturated carbocycles. The molecule has 1 aliphatic carbocycles. The van der Waals surface area contributed by atoms with Crippen molar-refractivity contribution in [2.45, 2.75) is 25.2 Å². The first-order valence-corrected chi connectivity index (χ1v) is 4.76. The molecule has 0 bridgehead atoms. The van der Waals surface area contributed by atoms with Crippen molar-refractivity contribution in [3.8, 4) is 0 Å². The lowest BCUT2D eigenvalue weighted by atomic mass is 9.83. The molecule has 13 heavy (non-hydrogen) atoms. The molecule has 0 unspecified atom stereocenters. The molecule has 1 heterocycles. The molecule has 0 aliphatic heterocycles. The number of rotatable bonds is 2. The van der Waals surface area contributed by atoms with E-state index in [1.807, 2.05) is 19.0 Å². The fourth-order valence-electron chi connectivity index (χ4n) is 1.53. The van der Waals surface area contributed by atoms with Crippen molar-refractivity contribution in [2.75, 3.05) is 19.0 Å². The second-order valence-electron chi connectivity index (χ2n) is 3.82. The van der Waals surface area contributed by atoms with E-state index < -0.39 is 0 Å². The van der Waals surface area contributed by atoms with Gasteiger partial charge in [-0.1, -0.05) is 6.42 Å². The molecule has 2 rings (SSSR count). The monoisotopic (exact) mass is 177 g/mol. The zero-order valence-electron chi connectivity index (χ0n) is 8.20. The van der Waals surface area contributed by atoms with E-state index in [2.05, 4.69) is 16.0 Å². The van der Waals surface area contributed by atoms with Gasteiger partial charge in [-0.05, 0) is 12.8 Å². The number of nitrogens with zero attached hydrogens (tertiary/aromatic N) is 3. The molecule has 0 saturated heterocycles. The van der Waals surface area contributed by atoms with Gasteiger partial charge >= 0.3 is 0 Å². The Morgan fingerprint density at radius 3 is 2.62 bits per heavy atom. The van der Waals surface area contributed by atoms with Crippen molar-refractivity contribution >= 4 is 5.82 Å². The molecule has 1 aliphatic rings. The minimum atomic E-state index is 0.696. The quantitative estimate of drug-likeness (QED) is 0.690. The van der Waals surface area contributed by atoms with Crippen molar-refractivity contribution in [2.24, 2.45) is 0 Å². The molecule has 1 aromatic rings. The van der Waals surface area contributed by atoms with Crippen molar-refractivity contribution in [3.63, 3.8) is 0 Å². The highest BCUT2D eigenvalue weighted by molar-refractivity contribution is 5.37. The molecule has 0 N–H and O–H groups in total. The summed E-state index contributed by atoms with van der Waals surface area (Å²) in [5.74, 6) is 1.71. The van der Waals surface area contributed by atoms with Crippen molar-refractivity contribution in [1.29, 1.82) is 0 Å². The third kappa shape index (κ3) is 1.64. The van der Waals surface area contributed by atoms with Gasteiger partial charge in [-0.2, -0.15) is 0 Å². The molecule has 70 valence electrons. The van der Waals surface area contributed by atoms with Gasteiger partial charge in [0, 0.05) is 31.8 Å². The Morgan fingerprint density at radius 1 is 1.31 bits per heavy atom. The van der Waals surface area contributed by atoms with Gasteiger partial charge in [0.2, 0.25) is 0 Å².